The molecule has 1 heterocycles. The van der Waals surface area contributed by atoms with E-state index in [4.69, 9.17) is 14.2 Å². The number of hydrogen-bond donors (Lipinski definition) is 0. The second-order valence-electron chi connectivity index (χ2n) is 5.52. The molecule has 26 heavy (non-hydrogen) atoms. The first kappa shape index (κ1) is 22.4. The first-order valence-corrected chi connectivity index (χ1v) is 9.81. The smallest absolute Gasteiger partial charge is 0.195 e. The van der Waals surface area contributed by atoms with Crippen LogP contribution in [0.25, 0.3) is 0 Å². The quantitative estimate of drug-likeness (QED) is 0.640. The zero-order chi connectivity index (χ0) is 19.3. The first-order chi connectivity index (χ1) is 12.8. The van der Waals surface area contributed by atoms with Crippen molar-refractivity contribution < 1.29 is 14.2 Å². The molecule has 2 atom stereocenters. The molecular formula is C23H34O3. The molecule has 1 fully saturated rings. The summed E-state index contributed by atoms with van der Waals surface area (Å²) in [5, 5.41) is 0. The molecule has 2 aromatic carbocycles. The van der Waals surface area contributed by atoms with Crippen LogP contribution >= 0.6 is 0 Å². The zero-order valence-corrected chi connectivity index (χ0v) is 16.9. The summed E-state index contributed by atoms with van der Waals surface area (Å²) in [7, 11) is 0. The van der Waals surface area contributed by atoms with Crippen molar-refractivity contribution in [3.05, 3.63) is 71.8 Å². The highest BCUT2D eigenvalue weighted by atomic mass is 16.7. The molecule has 0 aromatic heterocycles. The predicted molar refractivity (Wildman–Crippen MR) is 108 cm³/mol. The maximum atomic E-state index is 6.17. The predicted octanol–water partition coefficient (Wildman–Crippen LogP) is 5.93. The van der Waals surface area contributed by atoms with Crippen molar-refractivity contribution in [1.29, 1.82) is 0 Å². The van der Waals surface area contributed by atoms with Gasteiger partial charge in [0.25, 0.3) is 0 Å². The second-order valence-corrected chi connectivity index (χ2v) is 5.52. The summed E-state index contributed by atoms with van der Waals surface area (Å²) in [5.74, 6) is -0.623. The van der Waals surface area contributed by atoms with Gasteiger partial charge in [-0.3, -0.25) is 0 Å². The van der Waals surface area contributed by atoms with Gasteiger partial charge in [-0.15, -0.1) is 0 Å². The van der Waals surface area contributed by atoms with Gasteiger partial charge in [-0.1, -0.05) is 95.3 Å². The van der Waals surface area contributed by atoms with E-state index in [0.717, 1.165) is 12.0 Å². The number of ether oxygens (including phenoxy) is 3. The maximum absolute atomic E-state index is 6.17. The molecule has 0 amide bonds. The third-order valence-electron chi connectivity index (χ3n) is 3.95. The van der Waals surface area contributed by atoms with E-state index < -0.39 is 5.79 Å². The van der Waals surface area contributed by atoms with Gasteiger partial charge < -0.3 is 14.2 Å². The Hall–Kier alpha value is -1.68. The lowest BCUT2D eigenvalue weighted by Crippen LogP contribution is -2.28. The van der Waals surface area contributed by atoms with Crippen molar-refractivity contribution in [1.82, 2.24) is 0 Å². The van der Waals surface area contributed by atoms with Gasteiger partial charge in [0, 0.05) is 12.0 Å². The van der Waals surface area contributed by atoms with E-state index in [1.807, 2.05) is 64.1 Å². The van der Waals surface area contributed by atoms with Crippen LogP contribution in [0.4, 0.5) is 0 Å². The summed E-state index contributed by atoms with van der Waals surface area (Å²) in [5.41, 5.74) is 2.24. The van der Waals surface area contributed by atoms with Gasteiger partial charge in [0.1, 0.15) is 6.10 Å². The Morgan fingerprint density at radius 2 is 1.50 bits per heavy atom. The molecule has 0 radical (unpaired) electrons. The monoisotopic (exact) mass is 358 g/mol. The summed E-state index contributed by atoms with van der Waals surface area (Å²) in [4.78, 5) is 0. The molecule has 1 aliphatic heterocycles. The Morgan fingerprint density at radius 3 is 2.08 bits per heavy atom. The second kappa shape index (κ2) is 12.6. The topological polar surface area (TPSA) is 27.7 Å². The molecule has 0 bridgehead atoms. The van der Waals surface area contributed by atoms with Crippen LogP contribution in [0.3, 0.4) is 0 Å². The fraction of sp³-hybridized carbons (Fsp3) is 0.478. The average molecular weight is 359 g/mol. The summed E-state index contributed by atoms with van der Waals surface area (Å²) in [6.07, 6.45) is 0.760. The van der Waals surface area contributed by atoms with Crippen LogP contribution in [0.2, 0.25) is 0 Å². The Balaban J connectivity index is 0.000000791. The van der Waals surface area contributed by atoms with E-state index >= 15 is 0 Å². The van der Waals surface area contributed by atoms with Crippen molar-refractivity contribution in [2.45, 2.75) is 59.5 Å². The standard InChI is InChI=1S/C19H22O3.2C2H6/c1-2-19(17-11-7-4-8-12-17)21-15-18(22-19)14-20-13-16-9-5-3-6-10-16;2*1-2/h3-12,18H,2,13-15H2,1H3;2*1-2H3. The van der Waals surface area contributed by atoms with Gasteiger partial charge in [0.15, 0.2) is 5.79 Å². The normalized spacial score (nSPS) is 21.2. The van der Waals surface area contributed by atoms with E-state index in [9.17, 15) is 0 Å². The van der Waals surface area contributed by atoms with Gasteiger partial charge in [0.2, 0.25) is 0 Å². The number of hydrogen-bond acceptors (Lipinski definition) is 3. The fourth-order valence-corrected chi connectivity index (χ4v) is 2.76. The van der Waals surface area contributed by atoms with Gasteiger partial charge in [-0.25, -0.2) is 0 Å². The van der Waals surface area contributed by atoms with E-state index in [1.54, 1.807) is 0 Å². The van der Waals surface area contributed by atoms with Crippen LogP contribution < -0.4 is 0 Å². The Kier molecular flexibility index (Phi) is 10.9. The molecule has 3 heteroatoms. The third kappa shape index (κ3) is 6.24. The molecule has 0 aliphatic carbocycles. The van der Waals surface area contributed by atoms with Gasteiger partial charge >= 0.3 is 0 Å². The molecule has 0 saturated carbocycles. The molecule has 1 aliphatic rings. The first-order valence-electron chi connectivity index (χ1n) is 9.81. The molecule has 0 spiro atoms. The lowest BCUT2D eigenvalue weighted by Gasteiger charge is -2.27. The molecule has 1 saturated heterocycles. The summed E-state index contributed by atoms with van der Waals surface area (Å²) in [6, 6.07) is 20.3. The molecule has 3 rings (SSSR count). The molecule has 2 unspecified atom stereocenters. The molecule has 3 nitrogen and oxygen atoms in total. The fourth-order valence-electron chi connectivity index (χ4n) is 2.76. The van der Waals surface area contributed by atoms with Gasteiger partial charge in [-0.05, 0) is 5.56 Å². The number of rotatable bonds is 6. The Labute approximate surface area is 159 Å². The highest BCUT2D eigenvalue weighted by Crippen LogP contribution is 2.37. The molecule has 0 N–H and O–H groups in total. The van der Waals surface area contributed by atoms with Crippen LogP contribution in [0.1, 0.15) is 52.2 Å². The van der Waals surface area contributed by atoms with Crippen molar-refractivity contribution in [2.24, 2.45) is 0 Å². The summed E-state index contributed by atoms with van der Waals surface area (Å²) >= 11 is 0. The van der Waals surface area contributed by atoms with E-state index in [-0.39, 0.29) is 6.10 Å². The summed E-state index contributed by atoms with van der Waals surface area (Å²) < 4.78 is 17.9. The maximum Gasteiger partial charge on any atom is 0.195 e. The lowest BCUT2D eigenvalue weighted by atomic mass is 10.0. The minimum atomic E-state index is -0.623. The highest BCUT2D eigenvalue weighted by molar-refractivity contribution is 5.21. The van der Waals surface area contributed by atoms with Crippen LogP contribution in [0.15, 0.2) is 60.7 Å². The Bertz CT molecular complexity index is 571. The average Bonchev–Trinajstić information content (AvgIpc) is 3.17. The molecule has 2 aromatic rings. The largest absolute Gasteiger partial charge is 0.374 e. The van der Waals surface area contributed by atoms with Crippen LogP contribution in [0.5, 0.6) is 0 Å². The van der Waals surface area contributed by atoms with Gasteiger partial charge in [0.05, 0.1) is 19.8 Å². The zero-order valence-electron chi connectivity index (χ0n) is 16.9. The van der Waals surface area contributed by atoms with Crippen LogP contribution in [-0.4, -0.2) is 19.3 Å². The van der Waals surface area contributed by atoms with Crippen molar-refractivity contribution in [2.75, 3.05) is 13.2 Å². The van der Waals surface area contributed by atoms with Crippen molar-refractivity contribution in [3.63, 3.8) is 0 Å². The SMILES string of the molecule is CC.CC.CCC1(c2ccccc2)OCC(COCc2ccccc2)O1. The third-order valence-corrected chi connectivity index (χ3v) is 3.95. The van der Waals surface area contributed by atoms with E-state index in [2.05, 4.69) is 31.2 Å². The van der Waals surface area contributed by atoms with E-state index in [0.29, 0.717) is 19.8 Å². The van der Waals surface area contributed by atoms with Gasteiger partial charge in [-0.2, -0.15) is 0 Å². The minimum Gasteiger partial charge on any atom is -0.374 e. The van der Waals surface area contributed by atoms with Crippen LogP contribution in [-0.2, 0) is 26.6 Å². The number of benzene rings is 2. The van der Waals surface area contributed by atoms with E-state index in [1.165, 1.54) is 5.56 Å². The van der Waals surface area contributed by atoms with Crippen LogP contribution in [0, 0.1) is 0 Å². The Morgan fingerprint density at radius 1 is 0.923 bits per heavy atom. The lowest BCUT2D eigenvalue weighted by molar-refractivity contribution is -0.184. The van der Waals surface area contributed by atoms with Crippen molar-refractivity contribution >= 4 is 0 Å². The van der Waals surface area contributed by atoms with Crippen molar-refractivity contribution in [3.8, 4) is 0 Å². The highest BCUT2D eigenvalue weighted by Gasteiger charge is 2.41. The minimum absolute atomic E-state index is 0.0242. The molecular weight excluding hydrogens is 324 g/mol. The summed E-state index contributed by atoms with van der Waals surface area (Å²) in [6.45, 7) is 11.8. The molecule has 144 valence electrons.